The third-order valence-corrected chi connectivity index (χ3v) is 5.18. The second-order valence-electron chi connectivity index (χ2n) is 7.12. The van der Waals surface area contributed by atoms with Crippen molar-refractivity contribution in [1.82, 2.24) is 9.78 Å². The normalized spacial score (nSPS) is 12.6. The van der Waals surface area contributed by atoms with Crippen LogP contribution in [0.1, 0.15) is 45.6 Å². The number of halogens is 3. The van der Waals surface area contributed by atoms with E-state index in [0.717, 1.165) is 16.8 Å². The molecule has 0 radical (unpaired) electrons. The SMILES string of the molecule is Cc1c([C@@H](C)c2cc(=O)n(-c3ccccc3F)nc2C(N)=O)cccc1C(F)(F)CO. The number of hydrogen-bond donors (Lipinski definition) is 2. The number of carbonyl (C=O) groups excluding carboxylic acids is 1. The first-order valence-electron chi connectivity index (χ1n) is 9.36. The standard InChI is InChI=1S/C22H20F3N3O3/c1-12(14-6-5-7-16(13(14)2)22(24,25)11-29)15-10-19(30)28(27-20(15)21(26)31)18-9-4-3-8-17(18)23/h3-10,12,29H,11H2,1-2H3,(H2,26,31)/t12-/m1/s1. The highest BCUT2D eigenvalue weighted by atomic mass is 19.3. The monoisotopic (exact) mass is 431 g/mol. The third-order valence-electron chi connectivity index (χ3n) is 5.18. The fourth-order valence-electron chi connectivity index (χ4n) is 3.56. The van der Waals surface area contributed by atoms with Gasteiger partial charge in [0.1, 0.15) is 18.1 Å². The van der Waals surface area contributed by atoms with Crippen LogP contribution in [-0.2, 0) is 5.92 Å². The molecular formula is C22H20F3N3O3. The van der Waals surface area contributed by atoms with Gasteiger partial charge in [0.25, 0.3) is 17.4 Å². The molecule has 1 atom stereocenters. The van der Waals surface area contributed by atoms with Crippen LogP contribution < -0.4 is 11.3 Å². The lowest BCUT2D eigenvalue weighted by Crippen LogP contribution is -2.29. The molecule has 0 unspecified atom stereocenters. The molecule has 0 saturated heterocycles. The molecule has 0 aliphatic carbocycles. The average Bonchev–Trinajstić information content (AvgIpc) is 2.73. The number of rotatable bonds is 6. The summed E-state index contributed by atoms with van der Waals surface area (Å²) in [5.74, 6) is -5.85. The van der Waals surface area contributed by atoms with Gasteiger partial charge in [-0.15, -0.1) is 0 Å². The van der Waals surface area contributed by atoms with Crippen molar-refractivity contribution < 1.29 is 23.1 Å². The van der Waals surface area contributed by atoms with E-state index >= 15 is 0 Å². The predicted octanol–water partition coefficient (Wildman–Crippen LogP) is 3.01. The van der Waals surface area contributed by atoms with Crippen LogP contribution in [0.25, 0.3) is 5.69 Å². The maximum Gasteiger partial charge on any atom is 0.296 e. The maximum absolute atomic E-state index is 14.1. The quantitative estimate of drug-likeness (QED) is 0.627. The van der Waals surface area contributed by atoms with Crippen molar-refractivity contribution >= 4 is 5.91 Å². The van der Waals surface area contributed by atoms with E-state index < -0.39 is 35.7 Å². The lowest BCUT2D eigenvalue weighted by molar-refractivity contribution is -0.0561. The van der Waals surface area contributed by atoms with E-state index in [1.807, 2.05) is 0 Å². The Morgan fingerprint density at radius 3 is 2.48 bits per heavy atom. The topological polar surface area (TPSA) is 98.2 Å². The summed E-state index contributed by atoms with van der Waals surface area (Å²) in [5.41, 5.74) is 4.66. The molecule has 0 aliphatic heterocycles. The zero-order valence-corrected chi connectivity index (χ0v) is 16.8. The van der Waals surface area contributed by atoms with Gasteiger partial charge in [0.15, 0.2) is 5.69 Å². The number of aliphatic hydroxyl groups is 1. The second kappa shape index (κ2) is 8.35. The minimum Gasteiger partial charge on any atom is -0.390 e. The molecule has 3 N–H and O–H groups in total. The van der Waals surface area contributed by atoms with Crippen LogP contribution in [0.15, 0.2) is 53.3 Å². The molecule has 3 rings (SSSR count). The Bertz CT molecular complexity index is 1210. The first kappa shape index (κ1) is 22.2. The predicted molar refractivity (Wildman–Crippen MR) is 108 cm³/mol. The van der Waals surface area contributed by atoms with Gasteiger partial charge in [0.05, 0.1) is 0 Å². The molecule has 9 heteroatoms. The van der Waals surface area contributed by atoms with Gasteiger partial charge in [0, 0.05) is 17.5 Å². The first-order valence-corrected chi connectivity index (χ1v) is 9.36. The van der Waals surface area contributed by atoms with E-state index in [1.165, 1.54) is 37.3 Å². The molecule has 1 aromatic heterocycles. The number of nitrogens with zero attached hydrogens (tertiary/aromatic N) is 2. The van der Waals surface area contributed by atoms with Crippen LogP contribution in [0.4, 0.5) is 13.2 Å². The molecular weight excluding hydrogens is 411 g/mol. The van der Waals surface area contributed by atoms with Gasteiger partial charge < -0.3 is 10.8 Å². The molecule has 0 saturated carbocycles. The Hall–Kier alpha value is -3.46. The summed E-state index contributed by atoms with van der Waals surface area (Å²) in [6, 6.07) is 10.7. The van der Waals surface area contributed by atoms with Gasteiger partial charge in [-0.3, -0.25) is 9.59 Å². The van der Waals surface area contributed by atoms with Crippen LogP contribution >= 0.6 is 0 Å². The van der Waals surface area contributed by atoms with Gasteiger partial charge in [0.2, 0.25) is 0 Å². The number of nitrogens with two attached hydrogens (primary N) is 1. The summed E-state index contributed by atoms with van der Waals surface area (Å²) >= 11 is 0. The molecule has 31 heavy (non-hydrogen) atoms. The Kier molecular flexibility index (Phi) is 5.99. The number of aromatic nitrogens is 2. The number of aliphatic hydroxyl groups excluding tert-OH is 1. The highest BCUT2D eigenvalue weighted by molar-refractivity contribution is 5.92. The van der Waals surface area contributed by atoms with E-state index in [9.17, 15) is 22.8 Å². The number of alkyl halides is 2. The zero-order chi connectivity index (χ0) is 22.9. The lowest BCUT2D eigenvalue weighted by atomic mass is 9.86. The summed E-state index contributed by atoms with van der Waals surface area (Å²) < 4.78 is 43.1. The van der Waals surface area contributed by atoms with E-state index in [0.29, 0.717) is 5.56 Å². The minimum atomic E-state index is -3.46. The number of carbonyl (C=O) groups is 1. The van der Waals surface area contributed by atoms with Crippen molar-refractivity contribution in [3.8, 4) is 5.69 Å². The zero-order valence-electron chi connectivity index (χ0n) is 16.8. The molecule has 0 bridgehead atoms. The van der Waals surface area contributed by atoms with Crippen molar-refractivity contribution in [2.24, 2.45) is 5.73 Å². The average molecular weight is 431 g/mol. The summed E-state index contributed by atoms with van der Waals surface area (Å²) in [5, 5.41) is 13.0. The molecule has 3 aromatic rings. The Labute approximate surface area is 175 Å². The van der Waals surface area contributed by atoms with Crippen LogP contribution in [0, 0.1) is 12.7 Å². The van der Waals surface area contributed by atoms with Crippen LogP contribution in [0.2, 0.25) is 0 Å². The minimum absolute atomic E-state index is 0.123. The number of primary amides is 1. The van der Waals surface area contributed by atoms with E-state index in [1.54, 1.807) is 13.0 Å². The van der Waals surface area contributed by atoms with Gasteiger partial charge in [-0.05, 0) is 35.7 Å². The van der Waals surface area contributed by atoms with Gasteiger partial charge in [-0.2, -0.15) is 18.6 Å². The van der Waals surface area contributed by atoms with E-state index in [2.05, 4.69) is 5.10 Å². The molecule has 0 fully saturated rings. The second-order valence-corrected chi connectivity index (χ2v) is 7.12. The molecule has 1 heterocycles. The Balaban J connectivity index is 2.19. The summed E-state index contributed by atoms with van der Waals surface area (Å²) in [4.78, 5) is 24.8. The van der Waals surface area contributed by atoms with Gasteiger partial charge in [-0.25, -0.2) is 4.39 Å². The maximum atomic E-state index is 14.1. The summed E-state index contributed by atoms with van der Waals surface area (Å²) in [7, 11) is 0. The van der Waals surface area contributed by atoms with Crippen molar-refractivity contribution in [3.63, 3.8) is 0 Å². The van der Waals surface area contributed by atoms with Crippen molar-refractivity contribution in [1.29, 1.82) is 0 Å². The van der Waals surface area contributed by atoms with Crippen LogP contribution in [0.5, 0.6) is 0 Å². The van der Waals surface area contributed by atoms with Gasteiger partial charge in [-0.1, -0.05) is 37.3 Å². The molecule has 0 aliphatic rings. The van der Waals surface area contributed by atoms with Crippen LogP contribution in [-0.4, -0.2) is 27.4 Å². The van der Waals surface area contributed by atoms with Crippen molar-refractivity contribution in [3.05, 3.63) is 92.6 Å². The Morgan fingerprint density at radius 1 is 1.19 bits per heavy atom. The number of para-hydroxylation sites is 1. The fraction of sp³-hybridized carbons (Fsp3) is 0.227. The number of benzene rings is 2. The van der Waals surface area contributed by atoms with Crippen molar-refractivity contribution in [2.75, 3.05) is 6.61 Å². The summed E-state index contributed by atoms with van der Waals surface area (Å²) in [6.45, 7) is 1.71. The molecule has 1 amide bonds. The molecule has 162 valence electrons. The third kappa shape index (κ3) is 4.09. The fourth-order valence-corrected chi connectivity index (χ4v) is 3.56. The number of amides is 1. The van der Waals surface area contributed by atoms with Crippen molar-refractivity contribution in [2.45, 2.75) is 25.7 Å². The highest BCUT2D eigenvalue weighted by Gasteiger charge is 2.33. The molecule has 6 nitrogen and oxygen atoms in total. The summed E-state index contributed by atoms with van der Waals surface area (Å²) in [6.07, 6.45) is 0. The first-order chi connectivity index (χ1) is 14.6. The largest absolute Gasteiger partial charge is 0.390 e. The lowest BCUT2D eigenvalue weighted by Gasteiger charge is -2.22. The highest BCUT2D eigenvalue weighted by Crippen LogP contribution is 2.35. The van der Waals surface area contributed by atoms with E-state index in [-0.39, 0.29) is 28.1 Å². The Morgan fingerprint density at radius 2 is 1.87 bits per heavy atom. The molecule has 2 aromatic carbocycles. The van der Waals surface area contributed by atoms with Crippen LogP contribution in [0.3, 0.4) is 0 Å². The van der Waals surface area contributed by atoms with Gasteiger partial charge >= 0.3 is 0 Å². The van der Waals surface area contributed by atoms with E-state index in [4.69, 9.17) is 10.8 Å². The number of hydrogen-bond acceptors (Lipinski definition) is 4. The smallest absolute Gasteiger partial charge is 0.296 e. The molecule has 0 spiro atoms.